The summed E-state index contributed by atoms with van der Waals surface area (Å²) in [5.74, 6) is -0.0299. The van der Waals surface area contributed by atoms with Crippen molar-refractivity contribution in [2.45, 2.75) is 44.0 Å². The van der Waals surface area contributed by atoms with Crippen LogP contribution in [-0.4, -0.2) is 49.2 Å². The Labute approximate surface area is 148 Å². The van der Waals surface area contributed by atoms with Gasteiger partial charge in [0.1, 0.15) is 5.82 Å². The van der Waals surface area contributed by atoms with E-state index >= 15 is 0 Å². The van der Waals surface area contributed by atoms with Crippen LogP contribution >= 0.6 is 0 Å². The number of benzene rings is 1. The molecule has 0 saturated carbocycles. The van der Waals surface area contributed by atoms with Gasteiger partial charge in [-0.15, -0.1) is 0 Å². The first-order valence-corrected chi connectivity index (χ1v) is 10.3. The summed E-state index contributed by atoms with van der Waals surface area (Å²) in [7, 11) is -3.76. The topological polar surface area (TPSA) is 57.7 Å². The molecule has 2 fully saturated rings. The van der Waals surface area contributed by atoms with Crippen LogP contribution in [0.1, 0.15) is 33.1 Å². The van der Waals surface area contributed by atoms with Gasteiger partial charge in [0, 0.05) is 32.1 Å². The lowest BCUT2D eigenvalue weighted by molar-refractivity contribution is -0.131. The first-order valence-electron chi connectivity index (χ1n) is 8.84. The van der Waals surface area contributed by atoms with E-state index in [-0.39, 0.29) is 28.7 Å². The number of sulfonamides is 1. The van der Waals surface area contributed by atoms with E-state index < -0.39 is 15.8 Å². The zero-order chi connectivity index (χ0) is 18.2. The summed E-state index contributed by atoms with van der Waals surface area (Å²) in [6, 6.07) is 4.93. The zero-order valence-corrected chi connectivity index (χ0v) is 15.5. The molecule has 0 radical (unpaired) electrons. The van der Waals surface area contributed by atoms with Crippen LogP contribution in [0.5, 0.6) is 0 Å². The molecule has 0 aliphatic carbocycles. The van der Waals surface area contributed by atoms with Crippen molar-refractivity contribution in [2.24, 2.45) is 11.8 Å². The highest BCUT2D eigenvalue weighted by Gasteiger charge is 2.45. The Balaban J connectivity index is 1.82. The monoisotopic (exact) mass is 368 g/mol. The van der Waals surface area contributed by atoms with Gasteiger partial charge in [0.15, 0.2) is 0 Å². The van der Waals surface area contributed by atoms with Crippen molar-refractivity contribution in [3.05, 3.63) is 30.1 Å². The summed E-state index contributed by atoms with van der Waals surface area (Å²) >= 11 is 0. The molecule has 1 aromatic rings. The fourth-order valence-corrected chi connectivity index (χ4v) is 5.63. The second-order valence-corrected chi connectivity index (χ2v) is 9.33. The predicted molar refractivity (Wildman–Crippen MR) is 92.8 cm³/mol. The molecule has 3 rings (SSSR count). The summed E-state index contributed by atoms with van der Waals surface area (Å²) in [6.07, 6.45) is 2.17. The maximum Gasteiger partial charge on any atom is 0.243 e. The fraction of sp³-hybridized carbons (Fsp3) is 0.611. The number of rotatable bonds is 4. The van der Waals surface area contributed by atoms with E-state index in [2.05, 4.69) is 0 Å². The molecule has 2 saturated heterocycles. The number of carbonyl (C=O) groups excluding carboxylic acids is 1. The maximum absolute atomic E-state index is 13.5. The molecule has 2 atom stereocenters. The fourth-order valence-electron chi connectivity index (χ4n) is 3.88. The molecule has 0 bridgehead atoms. The Hall–Kier alpha value is -1.47. The number of amides is 1. The zero-order valence-electron chi connectivity index (χ0n) is 14.7. The summed E-state index contributed by atoms with van der Waals surface area (Å²) in [5.41, 5.74) is 0. The normalized spacial score (nSPS) is 24.6. The van der Waals surface area contributed by atoms with Crippen molar-refractivity contribution in [1.82, 2.24) is 9.21 Å². The molecule has 0 unspecified atom stereocenters. The molecule has 2 aliphatic heterocycles. The van der Waals surface area contributed by atoms with Gasteiger partial charge in [-0.05, 0) is 42.9 Å². The minimum atomic E-state index is -3.76. The Morgan fingerprint density at radius 2 is 2.08 bits per heavy atom. The highest BCUT2D eigenvalue weighted by molar-refractivity contribution is 7.89. The minimum Gasteiger partial charge on any atom is -0.341 e. The average molecular weight is 368 g/mol. The quantitative estimate of drug-likeness (QED) is 0.820. The number of likely N-dealkylation sites (tertiary alicyclic amines) is 1. The second-order valence-electron chi connectivity index (χ2n) is 7.44. The first-order chi connectivity index (χ1) is 11.8. The number of hydrogen-bond donors (Lipinski definition) is 0. The van der Waals surface area contributed by atoms with E-state index in [9.17, 15) is 17.6 Å². The van der Waals surface area contributed by atoms with Crippen LogP contribution in [0.2, 0.25) is 0 Å². The Kier molecular flexibility index (Phi) is 5.16. The van der Waals surface area contributed by atoms with Crippen LogP contribution in [-0.2, 0) is 14.8 Å². The third-order valence-corrected chi connectivity index (χ3v) is 6.99. The largest absolute Gasteiger partial charge is 0.341 e. The number of piperidine rings is 1. The molecule has 7 heteroatoms. The van der Waals surface area contributed by atoms with Crippen LogP contribution in [0.3, 0.4) is 0 Å². The maximum atomic E-state index is 13.5. The van der Waals surface area contributed by atoms with Gasteiger partial charge in [0.25, 0.3) is 0 Å². The van der Waals surface area contributed by atoms with Crippen molar-refractivity contribution in [3.63, 3.8) is 0 Å². The van der Waals surface area contributed by atoms with Gasteiger partial charge in [0.05, 0.1) is 4.90 Å². The standard InChI is InChI=1S/C18H25FN2O3S/c1-13(2)9-18(22)20-11-14-5-4-8-21(17(14)12-20)25(23,24)16-7-3-6-15(19)10-16/h3,6-7,10,13-14,17H,4-5,8-9,11-12H2,1-2H3/t14-,17+/m1/s1. The second kappa shape index (κ2) is 7.03. The molecule has 0 spiro atoms. The lowest BCUT2D eigenvalue weighted by Crippen LogP contribution is -2.48. The van der Waals surface area contributed by atoms with Crippen molar-refractivity contribution in [1.29, 1.82) is 0 Å². The van der Waals surface area contributed by atoms with Crippen LogP contribution in [0.4, 0.5) is 4.39 Å². The van der Waals surface area contributed by atoms with Crippen molar-refractivity contribution in [2.75, 3.05) is 19.6 Å². The van der Waals surface area contributed by atoms with Gasteiger partial charge in [-0.1, -0.05) is 19.9 Å². The van der Waals surface area contributed by atoms with Gasteiger partial charge in [0.2, 0.25) is 15.9 Å². The van der Waals surface area contributed by atoms with E-state index in [1.165, 1.54) is 22.5 Å². The lowest BCUT2D eigenvalue weighted by Gasteiger charge is -2.35. The Bertz CT molecular complexity index is 750. The van der Waals surface area contributed by atoms with Crippen LogP contribution < -0.4 is 0 Å². The summed E-state index contributed by atoms with van der Waals surface area (Å²) < 4.78 is 41.0. The third kappa shape index (κ3) is 3.72. The van der Waals surface area contributed by atoms with Crippen molar-refractivity contribution in [3.8, 4) is 0 Å². The number of fused-ring (bicyclic) bond motifs is 1. The molecule has 2 aliphatic rings. The predicted octanol–water partition coefficient (Wildman–Crippen LogP) is 2.48. The highest BCUT2D eigenvalue weighted by atomic mass is 32.2. The lowest BCUT2D eigenvalue weighted by atomic mass is 9.94. The smallest absolute Gasteiger partial charge is 0.243 e. The molecule has 0 aromatic heterocycles. The number of halogens is 1. The summed E-state index contributed by atoms with van der Waals surface area (Å²) in [4.78, 5) is 14.2. The van der Waals surface area contributed by atoms with Gasteiger partial charge in [-0.25, -0.2) is 12.8 Å². The minimum absolute atomic E-state index is 0.0138. The molecule has 0 N–H and O–H groups in total. The van der Waals surface area contributed by atoms with Gasteiger partial charge < -0.3 is 4.90 Å². The van der Waals surface area contributed by atoms with Crippen molar-refractivity contribution >= 4 is 15.9 Å². The van der Waals surface area contributed by atoms with E-state index in [1.807, 2.05) is 13.8 Å². The summed E-state index contributed by atoms with van der Waals surface area (Å²) in [6.45, 7) is 5.48. The molecule has 2 heterocycles. The van der Waals surface area contributed by atoms with Gasteiger partial charge >= 0.3 is 0 Å². The van der Waals surface area contributed by atoms with Crippen LogP contribution in [0.15, 0.2) is 29.2 Å². The molecule has 25 heavy (non-hydrogen) atoms. The molecular weight excluding hydrogens is 343 g/mol. The summed E-state index contributed by atoms with van der Waals surface area (Å²) in [5, 5.41) is 0. The third-order valence-electron chi connectivity index (χ3n) is 5.07. The van der Waals surface area contributed by atoms with E-state index in [0.29, 0.717) is 26.1 Å². The number of nitrogens with zero attached hydrogens (tertiary/aromatic N) is 2. The Morgan fingerprint density at radius 3 is 2.76 bits per heavy atom. The molecule has 138 valence electrons. The van der Waals surface area contributed by atoms with Crippen LogP contribution in [0.25, 0.3) is 0 Å². The SMILES string of the molecule is CC(C)CC(=O)N1C[C@H]2CCCN(S(=O)(=O)c3cccc(F)c3)[C@H]2C1. The van der Waals surface area contributed by atoms with E-state index in [1.54, 1.807) is 4.90 Å². The number of hydrogen-bond acceptors (Lipinski definition) is 3. The van der Waals surface area contributed by atoms with Crippen molar-refractivity contribution < 1.29 is 17.6 Å². The average Bonchev–Trinajstić information content (AvgIpc) is 2.98. The molecule has 1 aromatic carbocycles. The van der Waals surface area contributed by atoms with Gasteiger partial charge in [-0.2, -0.15) is 4.31 Å². The first kappa shape index (κ1) is 18.3. The number of carbonyl (C=O) groups is 1. The Morgan fingerprint density at radius 1 is 1.32 bits per heavy atom. The highest BCUT2D eigenvalue weighted by Crippen LogP contribution is 2.34. The molecule has 5 nitrogen and oxygen atoms in total. The van der Waals surface area contributed by atoms with E-state index in [0.717, 1.165) is 18.9 Å². The molecule has 1 amide bonds. The van der Waals surface area contributed by atoms with Gasteiger partial charge in [-0.3, -0.25) is 4.79 Å². The molecular formula is C18H25FN2O3S. The van der Waals surface area contributed by atoms with Crippen LogP contribution in [0, 0.1) is 17.7 Å². The van der Waals surface area contributed by atoms with E-state index in [4.69, 9.17) is 0 Å².